The molecular formula is C48H69ClN2O3. The zero-order valence-electron chi connectivity index (χ0n) is 34.8. The molecule has 7 rings (SSSR count). The van der Waals surface area contributed by atoms with E-state index in [4.69, 9.17) is 11.6 Å². The Kier molecular flexibility index (Phi) is 11.1. The maximum absolute atomic E-state index is 14.2. The number of carbonyl (C=O) groups excluding carboxylic acids is 1. The summed E-state index contributed by atoms with van der Waals surface area (Å²) in [6.07, 6.45) is 17.5. The second kappa shape index (κ2) is 14.9. The number of ketones is 1. The largest absolute Gasteiger partial charge is 0.481 e. The van der Waals surface area contributed by atoms with Crippen LogP contribution < -0.4 is 0 Å². The predicted octanol–water partition coefficient (Wildman–Crippen LogP) is 11.0. The molecule has 7 unspecified atom stereocenters. The van der Waals surface area contributed by atoms with Crippen LogP contribution >= 0.6 is 11.6 Å². The third kappa shape index (κ3) is 6.93. The lowest BCUT2D eigenvalue weighted by Crippen LogP contribution is -2.60. The molecule has 1 aromatic carbocycles. The number of nitrogens with zero attached hydrogens (tertiary/aromatic N) is 2. The number of hydrogen-bond donors (Lipinski definition) is 1. The average Bonchev–Trinajstić information content (AvgIpc) is 3.42. The van der Waals surface area contributed by atoms with Gasteiger partial charge >= 0.3 is 5.97 Å². The van der Waals surface area contributed by atoms with E-state index >= 15 is 0 Å². The fraction of sp³-hybridized carbons (Fsp3) is 0.708. The summed E-state index contributed by atoms with van der Waals surface area (Å²) in [6.45, 7) is 18.8. The Bertz CT molecular complexity index is 1700. The van der Waals surface area contributed by atoms with Crippen molar-refractivity contribution in [1.29, 1.82) is 0 Å². The lowest BCUT2D eigenvalue weighted by Gasteiger charge is -2.68. The molecule has 3 fully saturated rings. The summed E-state index contributed by atoms with van der Waals surface area (Å²) in [5.41, 5.74) is 7.64. The first kappa shape index (κ1) is 40.0. The van der Waals surface area contributed by atoms with E-state index in [9.17, 15) is 14.7 Å². The van der Waals surface area contributed by atoms with Crippen LogP contribution in [-0.2, 0) is 16.1 Å². The average molecular weight is 758 g/mol. The summed E-state index contributed by atoms with van der Waals surface area (Å²) in [7, 11) is 4.32. The van der Waals surface area contributed by atoms with E-state index in [0.717, 1.165) is 63.3 Å². The van der Waals surface area contributed by atoms with E-state index in [1.54, 1.807) is 5.57 Å². The number of fused-ring (bicyclic) bond motifs is 7. The molecule has 8 atom stereocenters. The number of carboxylic acids is 1. The normalized spacial score (nSPS) is 36.1. The number of carbonyl (C=O) groups is 2. The molecule has 6 heteroatoms. The van der Waals surface area contributed by atoms with Crippen molar-refractivity contribution in [1.82, 2.24) is 9.80 Å². The van der Waals surface area contributed by atoms with Crippen LogP contribution in [0.1, 0.15) is 124 Å². The number of allylic oxidation sites excluding steroid dienone is 6. The minimum absolute atomic E-state index is 0.00362. The van der Waals surface area contributed by atoms with Gasteiger partial charge in [-0.25, -0.2) is 0 Å². The number of likely N-dealkylation sites (N-methyl/N-ethyl adjacent to an activating group) is 1. The number of carboxylic acid groups (broad SMARTS) is 1. The molecule has 0 saturated heterocycles. The van der Waals surface area contributed by atoms with E-state index in [1.165, 1.54) is 54.4 Å². The van der Waals surface area contributed by atoms with Gasteiger partial charge in [0.25, 0.3) is 0 Å². The first-order chi connectivity index (χ1) is 25.5. The van der Waals surface area contributed by atoms with Crippen molar-refractivity contribution in [3.05, 3.63) is 69.3 Å². The molecular weight excluding hydrogens is 688 g/mol. The van der Waals surface area contributed by atoms with Crippen LogP contribution in [0.3, 0.4) is 0 Å². The minimum Gasteiger partial charge on any atom is -0.481 e. The van der Waals surface area contributed by atoms with E-state index in [0.29, 0.717) is 42.3 Å². The highest BCUT2D eigenvalue weighted by molar-refractivity contribution is 6.30. The summed E-state index contributed by atoms with van der Waals surface area (Å²) in [6, 6.07) is 8.34. The van der Waals surface area contributed by atoms with Gasteiger partial charge in [-0.3, -0.25) is 14.5 Å². The van der Waals surface area contributed by atoms with E-state index in [1.807, 2.05) is 12.1 Å². The number of aliphatic carboxylic acids is 1. The van der Waals surface area contributed by atoms with Crippen LogP contribution in [0.5, 0.6) is 0 Å². The number of hydrogen-bond acceptors (Lipinski definition) is 4. The highest BCUT2D eigenvalue weighted by atomic mass is 35.5. The summed E-state index contributed by atoms with van der Waals surface area (Å²) in [5.74, 6) is 2.29. The molecule has 1 N–H and O–H groups in total. The fourth-order valence-corrected chi connectivity index (χ4v) is 14.2. The van der Waals surface area contributed by atoms with Crippen LogP contribution in [0.2, 0.25) is 5.02 Å². The first-order valence-corrected chi connectivity index (χ1v) is 21.9. The van der Waals surface area contributed by atoms with E-state index in [-0.39, 0.29) is 33.5 Å². The van der Waals surface area contributed by atoms with Gasteiger partial charge in [0.05, 0.1) is 5.92 Å². The van der Waals surface area contributed by atoms with Crippen molar-refractivity contribution >= 4 is 23.4 Å². The zero-order chi connectivity index (χ0) is 38.8. The summed E-state index contributed by atoms with van der Waals surface area (Å²) >= 11 is 6.26. The van der Waals surface area contributed by atoms with Crippen LogP contribution in [0.4, 0.5) is 0 Å². The molecule has 0 aromatic heterocycles. The quantitative estimate of drug-likeness (QED) is 0.244. The molecule has 3 saturated carbocycles. The standard InChI is InChI=1S/C48H69ClN2O3/c1-31(2)42-39(52)29-48(25-26-51(28-27-50(7)8)30-32-9-15-35(49)16-10-32)24-20-38-36(43(42)48)17-18-41-46(38,5)23-21-40-45(3,4)37(19-22-47(40,41)6)33-11-13-34(14-12-33)44(53)54/h9-11,15-16,19,31,34,36,38,40-41H,12-14,17-18,20-30H2,1-8H3,(H,53,54)/t34?,36?,38?,40?,41?,46?,47?,48-/m1/s1. The molecule has 0 aliphatic heterocycles. The van der Waals surface area contributed by atoms with Crippen molar-refractivity contribution in [2.45, 2.75) is 125 Å². The zero-order valence-corrected chi connectivity index (χ0v) is 35.5. The fourth-order valence-electron chi connectivity index (χ4n) is 14.0. The predicted molar refractivity (Wildman–Crippen MR) is 221 cm³/mol. The highest BCUT2D eigenvalue weighted by Gasteiger charge is 2.65. The molecule has 6 aliphatic rings. The van der Waals surface area contributed by atoms with Crippen LogP contribution in [-0.4, -0.2) is 60.4 Å². The van der Waals surface area contributed by atoms with E-state index in [2.05, 4.69) is 89.7 Å². The molecule has 0 spiro atoms. The first-order valence-electron chi connectivity index (χ1n) is 21.5. The molecule has 5 nitrogen and oxygen atoms in total. The Labute approximate surface area is 332 Å². The van der Waals surface area contributed by atoms with Gasteiger partial charge in [0.1, 0.15) is 0 Å². The lowest BCUT2D eigenvalue weighted by atomic mass is 9.37. The van der Waals surface area contributed by atoms with Crippen molar-refractivity contribution in [3.63, 3.8) is 0 Å². The van der Waals surface area contributed by atoms with Crippen molar-refractivity contribution in [2.24, 2.45) is 57.2 Å². The topological polar surface area (TPSA) is 60.9 Å². The minimum atomic E-state index is -0.647. The van der Waals surface area contributed by atoms with Gasteiger partial charge < -0.3 is 10.0 Å². The lowest BCUT2D eigenvalue weighted by molar-refractivity contribution is -0.159. The number of Topliss-reactive ketones (excluding diaryl/α,β-unsaturated/α-hetero) is 1. The Morgan fingerprint density at radius 3 is 2.30 bits per heavy atom. The molecule has 0 radical (unpaired) electrons. The van der Waals surface area contributed by atoms with Gasteiger partial charge in [-0.2, -0.15) is 0 Å². The summed E-state index contributed by atoms with van der Waals surface area (Å²) < 4.78 is 0. The van der Waals surface area contributed by atoms with Gasteiger partial charge in [0.15, 0.2) is 5.78 Å². The Morgan fingerprint density at radius 1 is 0.907 bits per heavy atom. The Hall–Kier alpha value is -2.21. The third-order valence-corrected chi connectivity index (χ3v) is 16.8. The van der Waals surface area contributed by atoms with Crippen molar-refractivity contribution in [3.8, 4) is 0 Å². The van der Waals surface area contributed by atoms with E-state index < -0.39 is 5.97 Å². The second-order valence-electron chi connectivity index (χ2n) is 20.4. The number of halogens is 1. The Balaban J connectivity index is 1.15. The summed E-state index contributed by atoms with van der Waals surface area (Å²) in [4.78, 5) is 30.8. The van der Waals surface area contributed by atoms with Gasteiger partial charge in [0.2, 0.25) is 0 Å². The second-order valence-corrected chi connectivity index (χ2v) is 20.8. The Morgan fingerprint density at radius 2 is 1.65 bits per heavy atom. The van der Waals surface area contributed by atoms with Gasteiger partial charge in [-0.1, -0.05) is 83.0 Å². The highest BCUT2D eigenvalue weighted by Crippen LogP contribution is 2.73. The molecule has 1 aromatic rings. The van der Waals surface area contributed by atoms with Crippen LogP contribution in [0.15, 0.2) is 58.7 Å². The molecule has 0 amide bonds. The molecule has 54 heavy (non-hydrogen) atoms. The van der Waals surface area contributed by atoms with Crippen molar-refractivity contribution in [2.75, 3.05) is 33.7 Å². The molecule has 0 heterocycles. The monoisotopic (exact) mass is 756 g/mol. The van der Waals surface area contributed by atoms with Gasteiger partial charge in [-0.05, 0) is 172 Å². The van der Waals surface area contributed by atoms with Gasteiger partial charge in [0, 0.05) is 36.5 Å². The molecule has 0 bridgehead atoms. The van der Waals surface area contributed by atoms with Crippen molar-refractivity contribution < 1.29 is 14.7 Å². The third-order valence-electron chi connectivity index (χ3n) is 16.5. The van der Waals surface area contributed by atoms with Crippen LogP contribution in [0.25, 0.3) is 0 Å². The maximum atomic E-state index is 14.2. The van der Waals surface area contributed by atoms with Gasteiger partial charge in [-0.15, -0.1) is 0 Å². The van der Waals surface area contributed by atoms with Crippen LogP contribution in [0, 0.1) is 57.2 Å². The molecule has 6 aliphatic carbocycles. The maximum Gasteiger partial charge on any atom is 0.306 e. The number of benzene rings is 1. The number of rotatable bonds is 11. The SMILES string of the molecule is CC(C)C1=C2C3CCC4C(C)(CCC5C(C)(C)C(C6=CCC(C(=O)O)CC6)=CCC54C)C3CC[C@@]2(CCN(CCN(C)C)Cc2ccc(Cl)cc2)CC1=O. The smallest absolute Gasteiger partial charge is 0.306 e. The summed E-state index contributed by atoms with van der Waals surface area (Å²) in [5, 5.41) is 10.4. The molecule has 296 valence electrons.